The van der Waals surface area contributed by atoms with Gasteiger partial charge >= 0.3 is 11.9 Å². The number of carbonyl (C=O) groups excluding carboxylic acids is 2. The standard InChI is InChI=1S/2C29H40O7/c2*1-19-6-3-7-21-8-4-9-22(34-21)10-5-11-28(32)35-26(18-27-29(36-27)25(31)17-19)24(30)13-12-23-16-20(2)14-15-33-23/h2*4-5,9,11-14,21-27,29-31H,1,3,6-8,10,15-18H2,2H3/b2*11-5-,13-12+/t2*21-,22+,23-,24+,25+,26+,27+,29+/m11/s1. The summed E-state index contributed by atoms with van der Waals surface area (Å²) in [4.78, 5) is 25.2. The Balaban J connectivity index is 0.000000211. The van der Waals surface area contributed by atoms with Gasteiger partial charge in [0.2, 0.25) is 0 Å². The maximum Gasteiger partial charge on any atom is 0.330 e. The fourth-order valence-electron chi connectivity index (χ4n) is 10.1. The quantitative estimate of drug-likeness (QED) is 0.115. The summed E-state index contributed by atoms with van der Waals surface area (Å²) >= 11 is 0. The van der Waals surface area contributed by atoms with Crippen LogP contribution in [0, 0.1) is 0 Å². The first kappa shape index (κ1) is 55.7. The first-order valence-corrected chi connectivity index (χ1v) is 26.4. The highest BCUT2D eigenvalue weighted by Gasteiger charge is 2.48. The van der Waals surface area contributed by atoms with Crippen molar-refractivity contribution in [2.45, 2.75) is 214 Å². The first-order valence-electron chi connectivity index (χ1n) is 26.4. The van der Waals surface area contributed by atoms with Crippen molar-refractivity contribution in [1.29, 1.82) is 0 Å². The van der Waals surface area contributed by atoms with Crippen LogP contribution in [-0.4, -0.2) is 143 Å². The Morgan fingerprint density at radius 2 is 1.03 bits per heavy atom. The number of esters is 2. The largest absolute Gasteiger partial charge is 0.456 e. The van der Waals surface area contributed by atoms with Gasteiger partial charge in [-0.3, -0.25) is 0 Å². The lowest BCUT2D eigenvalue weighted by molar-refractivity contribution is -0.148. The minimum atomic E-state index is -1.02. The highest BCUT2D eigenvalue weighted by atomic mass is 16.6. The van der Waals surface area contributed by atoms with E-state index >= 15 is 0 Å². The number of hydrogen-bond acceptors (Lipinski definition) is 14. The number of rotatable bonds is 6. The van der Waals surface area contributed by atoms with Crippen molar-refractivity contribution >= 4 is 11.9 Å². The Labute approximate surface area is 426 Å². The lowest BCUT2D eigenvalue weighted by atomic mass is 9.97. The molecule has 16 atom stereocenters. The van der Waals surface area contributed by atoms with Crippen molar-refractivity contribution in [3.8, 4) is 0 Å². The second-order valence-electron chi connectivity index (χ2n) is 20.7. The minimum Gasteiger partial charge on any atom is -0.456 e. The molecule has 72 heavy (non-hydrogen) atoms. The van der Waals surface area contributed by atoms with Gasteiger partial charge in [0.15, 0.2) is 0 Å². The molecule has 14 nitrogen and oxygen atoms in total. The van der Waals surface area contributed by atoms with E-state index in [1.54, 1.807) is 24.3 Å². The summed E-state index contributed by atoms with van der Waals surface area (Å²) in [5.74, 6) is -1.05. The first-order chi connectivity index (χ1) is 34.7. The summed E-state index contributed by atoms with van der Waals surface area (Å²) < 4.78 is 46.5. The molecule has 2 fully saturated rings. The molecular formula is C58H80O14. The molecular weight excluding hydrogens is 921 g/mol. The van der Waals surface area contributed by atoms with Crippen LogP contribution in [0.5, 0.6) is 0 Å². The summed E-state index contributed by atoms with van der Waals surface area (Å²) in [5.41, 5.74) is 4.47. The molecule has 0 spiro atoms. The summed E-state index contributed by atoms with van der Waals surface area (Å²) in [5, 5.41) is 43.1. The number of ether oxygens (including phenoxy) is 8. The molecule has 0 amide bonds. The molecule has 8 heterocycles. The molecule has 4 N–H and O–H groups in total. The van der Waals surface area contributed by atoms with Crippen LogP contribution in [0.3, 0.4) is 0 Å². The van der Waals surface area contributed by atoms with Crippen LogP contribution < -0.4 is 0 Å². The highest BCUT2D eigenvalue weighted by molar-refractivity contribution is 5.82. The monoisotopic (exact) mass is 1000 g/mol. The van der Waals surface area contributed by atoms with Gasteiger partial charge in [0.05, 0.1) is 74.3 Å². The Morgan fingerprint density at radius 3 is 1.44 bits per heavy atom. The Hall–Kier alpha value is -4.06. The zero-order valence-corrected chi connectivity index (χ0v) is 42.3. The van der Waals surface area contributed by atoms with Crippen LogP contribution in [0.1, 0.15) is 117 Å². The highest BCUT2D eigenvalue weighted by Crippen LogP contribution is 2.36. The third-order valence-corrected chi connectivity index (χ3v) is 14.4. The molecule has 8 aliphatic heterocycles. The molecule has 0 aromatic rings. The topological polar surface area (TPSA) is 196 Å². The lowest BCUT2D eigenvalue weighted by Crippen LogP contribution is -2.32. The van der Waals surface area contributed by atoms with Crippen molar-refractivity contribution in [3.63, 3.8) is 0 Å². The summed E-state index contributed by atoms with van der Waals surface area (Å²) in [6.45, 7) is 13.5. The predicted octanol–water partition coefficient (Wildman–Crippen LogP) is 7.72. The molecule has 14 heteroatoms. The van der Waals surface area contributed by atoms with Crippen LogP contribution in [0.2, 0.25) is 0 Å². The fraction of sp³-hybridized carbons (Fsp3) is 0.621. The van der Waals surface area contributed by atoms with Gasteiger partial charge in [0.1, 0.15) is 36.6 Å². The second-order valence-corrected chi connectivity index (χ2v) is 20.7. The Kier molecular flexibility index (Phi) is 21.7. The number of carbonyl (C=O) groups is 2. The van der Waals surface area contributed by atoms with E-state index in [4.69, 9.17) is 37.9 Å². The number of fused-ring (bicyclic) bond motifs is 6. The minimum absolute atomic E-state index is 0.0744. The molecule has 0 aromatic carbocycles. The van der Waals surface area contributed by atoms with Gasteiger partial charge < -0.3 is 58.3 Å². The van der Waals surface area contributed by atoms with E-state index in [0.29, 0.717) is 51.7 Å². The zero-order valence-electron chi connectivity index (χ0n) is 42.3. The normalized spacial score (nSPS) is 38.3. The molecule has 0 aliphatic carbocycles. The summed E-state index contributed by atoms with van der Waals surface area (Å²) in [7, 11) is 0. The van der Waals surface area contributed by atoms with Gasteiger partial charge in [-0.1, -0.05) is 108 Å². The van der Waals surface area contributed by atoms with E-state index in [2.05, 4.69) is 39.2 Å². The molecule has 8 rings (SSSR count). The average molecular weight is 1000 g/mol. The SMILES string of the molecule is C=C1CCC[C@@H]2CC=C[C@@H](C/C=C\C(=O)O[C@H]([C@@H](O)/C=C/[C@@H]3CC(C)=CCO3)C[C@@H]3O[C@H]3[C@@H](O)C1)O2.C=C1CCC[C@@H]2CC=C[C@@H](C/C=C\C(=O)O[C@H]([C@@H](O)/C=C/[C@@H]3CC(C)=CCO3)C[C@@H]3O[C@H]3[C@@H](O)C1)O2. The molecule has 8 aliphatic rings. The van der Waals surface area contributed by atoms with E-state index < -0.39 is 48.6 Å². The molecule has 396 valence electrons. The third kappa shape index (κ3) is 18.7. The van der Waals surface area contributed by atoms with E-state index in [9.17, 15) is 30.0 Å². The van der Waals surface area contributed by atoms with E-state index in [-0.39, 0.29) is 61.0 Å². The van der Waals surface area contributed by atoms with E-state index in [1.165, 1.54) is 23.3 Å². The van der Waals surface area contributed by atoms with Gasteiger partial charge in [-0.25, -0.2) is 9.59 Å². The molecule has 2 saturated heterocycles. The number of aliphatic hydroxyl groups is 4. The average Bonchev–Trinajstić information content (AvgIpc) is 4.29. The Bertz CT molecular complexity index is 1920. The van der Waals surface area contributed by atoms with Gasteiger partial charge in [-0.05, 0) is 104 Å². The maximum atomic E-state index is 12.6. The van der Waals surface area contributed by atoms with Gasteiger partial charge in [-0.15, -0.1) is 0 Å². The van der Waals surface area contributed by atoms with Gasteiger partial charge in [0.25, 0.3) is 0 Å². The molecule has 4 bridgehead atoms. The van der Waals surface area contributed by atoms with E-state index in [0.717, 1.165) is 75.4 Å². The van der Waals surface area contributed by atoms with Crippen LogP contribution >= 0.6 is 0 Å². The summed E-state index contributed by atoms with van der Waals surface area (Å²) in [6.07, 6.45) is 30.7. The second kappa shape index (κ2) is 28.0. The molecule has 0 unspecified atom stereocenters. The van der Waals surface area contributed by atoms with Crippen LogP contribution in [0.4, 0.5) is 0 Å². The van der Waals surface area contributed by atoms with Gasteiger partial charge in [0, 0.05) is 25.0 Å². The third-order valence-electron chi connectivity index (χ3n) is 14.4. The number of hydrogen-bond donors (Lipinski definition) is 4. The number of epoxide rings is 2. The zero-order chi connectivity index (χ0) is 51.0. The van der Waals surface area contributed by atoms with Gasteiger partial charge in [-0.2, -0.15) is 0 Å². The fourth-order valence-corrected chi connectivity index (χ4v) is 10.1. The Morgan fingerprint density at radius 1 is 0.597 bits per heavy atom. The van der Waals surface area contributed by atoms with Crippen LogP contribution in [0.25, 0.3) is 0 Å². The van der Waals surface area contributed by atoms with Crippen molar-refractivity contribution in [1.82, 2.24) is 0 Å². The van der Waals surface area contributed by atoms with Crippen LogP contribution in [0.15, 0.2) is 121 Å². The predicted molar refractivity (Wildman–Crippen MR) is 272 cm³/mol. The molecule has 0 aromatic heterocycles. The van der Waals surface area contributed by atoms with Crippen molar-refractivity contribution < 1.29 is 67.9 Å². The lowest BCUT2D eigenvalue weighted by Gasteiger charge is -2.25. The van der Waals surface area contributed by atoms with Crippen molar-refractivity contribution in [2.24, 2.45) is 0 Å². The smallest absolute Gasteiger partial charge is 0.330 e. The summed E-state index contributed by atoms with van der Waals surface area (Å²) in [6, 6.07) is 0. The van der Waals surface area contributed by atoms with Crippen molar-refractivity contribution in [3.05, 3.63) is 121 Å². The number of aliphatic hydroxyl groups excluding tert-OH is 4. The number of cyclic esters (lactones) is 2. The molecule has 0 radical (unpaired) electrons. The molecule has 0 saturated carbocycles. The maximum absolute atomic E-state index is 12.6. The van der Waals surface area contributed by atoms with Crippen LogP contribution in [-0.2, 0) is 47.5 Å². The van der Waals surface area contributed by atoms with Crippen molar-refractivity contribution in [2.75, 3.05) is 13.2 Å². The van der Waals surface area contributed by atoms with E-state index in [1.807, 2.05) is 36.5 Å².